The van der Waals surface area contributed by atoms with Gasteiger partial charge in [-0.05, 0) is 57.0 Å². The van der Waals surface area contributed by atoms with Gasteiger partial charge in [0.05, 0.1) is 19.7 Å². The molecule has 3 aromatic rings. The number of ether oxygens (including phenoxy) is 4. The lowest BCUT2D eigenvalue weighted by molar-refractivity contribution is -0.0503. The first-order valence-electron chi connectivity index (χ1n) is 13.9. The van der Waals surface area contributed by atoms with Crippen molar-refractivity contribution in [2.24, 2.45) is 0 Å². The Kier molecular flexibility index (Phi) is 10.7. The van der Waals surface area contributed by atoms with E-state index in [2.05, 4.69) is 44.8 Å². The number of amides is 1. The largest absolute Gasteiger partial charge is 0.509 e. The Morgan fingerprint density at radius 3 is 2.43 bits per heavy atom. The van der Waals surface area contributed by atoms with Crippen LogP contribution < -0.4 is 15.4 Å². The molecule has 0 radical (unpaired) electrons. The summed E-state index contributed by atoms with van der Waals surface area (Å²) in [6.45, 7) is 9.88. The van der Waals surface area contributed by atoms with Gasteiger partial charge >= 0.3 is 12.2 Å². The monoisotopic (exact) mass is 597 g/mol. The Labute approximate surface area is 250 Å². The molecule has 11 nitrogen and oxygen atoms in total. The molecule has 0 bridgehead atoms. The average molecular weight is 598 g/mol. The van der Waals surface area contributed by atoms with Crippen molar-refractivity contribution in [2.75, 3.05) is 25.5 Å². The number of aromatic nitrogens is 2. The van der Waals surface area contributed by atoms with Gasteiger partial charge in [-0.3, -0.25) is 10.2 Å². The maximum atomic E-state index is 13.0. The van der Waals surface area contributed by atoms with Crippen LogP contribution in [0, 0.1) is 0 Å². The van der Waals surface area contributed by atoms with Crippen LogP contribution in [0.1, 0.15) is 43.8 Å². The van der Waals surface area contributed by atoms with E-state index in [1.54, 1.807) is 27.9 Å². The van der Waals surface area contributed by atoms with Crippen LogP contribution in [0.15, 0.2) is 54.6 Å². The van der Waals surface area contributed by atoms with Crippen LogP contribution in [0.4, 0.5) is 14.7 Å². The SMILES string of the molecule is CCN(Cc1ccccc1)Cc1nnc(NC(=O)O[C@@H]2[C@@H](OC(=O)OC(C)(C)C)CN[C@@H]2Cc2ccc(OC)cc2)s1. The fourth-order valence-corrected chi connectivity index (χ4v) is 5.32. The van der Waals surface area contributed by atoms with Crippen molar-refractivity contribution >= 4 is 28.7 Å². The third kappa shape index (κ3) is 9.40. The maximum Gasteiger partial charge on any atom is 0.509 e. The Balaban J connectivity index is 1.39. The lowest BCUT2D eigenvalue weighted by atomic mass is 10.0. The first-order valence-corrected chi connectivity index (χ1v) is 14.8. The minimum Gasteiger partial charge on any atom is -0.497 e. The van der Waals surface area contributed by atoms with Gasteiger partial charge in [0.25, 0.3) is 0 Å². The highest BCUT2D eigenvalue weighted by Crippen LogP contribution is 2.24. The molecule has 0 aliphatic carbocycles. The summed E-state index contributed by atoms with van der Waals surface area (Å²) < 4.78 is 22.0. The van der Waals surface area contributed by atoms with E-state index in [-0.39, 0.29) is 6.04 Å². The van der Waals surface area contributed by atoms with E-state index in [0.29, 0.717) is 24.6 Å². The molecular weight excluding hydrogens is 558 g/mol. The molecule has 1 fully saturated rings. The third-order valence-electron chi connectivity index (χ3n) is 6.57. The van der Waals surface area contributed by atoms with Crippen LogP contribution in [0.2, 0.25) is 0 Å². The van der Waals surface area contributed by atoms with Gasteiger partial charge in [-0.25, -0.2) is 9.59 Å². The maximum absolute atomic E-state index is 13.0. The molecule has 0 spiro atoms. The van der Waals surface area contributed by atoms with Crippen molar-refractivity contribution < 1.29 is 28.5 Å². The summed E-state index contributed by atoms with van der Waals surface area (Å²) >= 11 is 1.29. The minimum atomic E-state index is -0.821. The van der Waals surface area contributed by atoms with Crippen LogP contribution in [0.25, 0.3) is 0 Å². The molecule has 2 N–H and O–H groups in total. The summed E-state index contributed by atoms with van der Waals surface area (Å²) in [5.74, 6) is 0.745. The number of nitrogens with one attached hydrogen (secondary N) is 2. The molecule has 3 atom stereocenters. The molecule has 42 heavy (non-hydrogen) atoms. The van der Waals surface area contributed by atoms with Crippen LogP contribution in [0.3, 0.4) is 0 Å². The molecule has 226 valence electrons. The minimum absolute atomic E-state index is 0.301. The average Bonchev–Trinajstić information content (AvgIpc) is 3.54. The number of hydrogen-bond acceptors (Lipinski definition) is 11. The smallest absolute Gasteiger partial charge is 0.497 e. The van der Waals surface area contributed by atoms with Gasteiger partial charge in [-0.15, -0.1) is 10.2 Å². The molecule has 2 heterocycles. The van der Waals surface area contributed by atoms with Crippen molar-refractivity contribution in [3.05, 3.63) is 70.7 Å². The number of anilines is 1. The highest BCUT2D eigenvalue weighted by molar-refractivity contribution is 7.15. The Morgan fingerprint density at radius 1 is 1.02 bits per heavy atom. The van der Waals surface area contributed by atoms with Crippen molar-refractivity contribution in [3.8, 4) is 5.75 Å². The molecule has 2 aromatic carbocycles. The van der Waals surface area contributed by atoms with Gasteiger partial charge in [0, 0.05) is 13.1 Å². The number of hydrogen-bond donors (Lipinski definition) is 2. The summed E-state index contributed by atoms with van der Waals surface area (Å²) in [5, 5.41) is 15.5. The number of carbonyl (C=O) groups is 2. The molecule has 1 saturated heterocycles. The number of carbonyl (C=O) groups excluding carboxylic acids is 2. The lowest BCUT2D eigenvalue weighted by Crippen LogP contribution is -2.42. The molecule has 12 heteroatoms. The molecule has 1 aliphatic heterocycles. The van der Waals surface area contributed by atoms with E-state index >= 15 is 0 Å². The fraction of sp³-hybridized carbons (Fsp3) is 0.467. The van der Waals surface area contributed by atoms with Crippen LogP contribution in [-0.2, 0) is 33.7 Å². The lowest BCUT2D eigenvalue weighted by Gasteiger charge is -2.25. The topological polar surface area (TPSA) is 124 Å². The van der Waals surface area contributed by atoms with Crippen molar-refractivity contribution in [1.82, 2.24) is 20.4 Å². The Bertz CT molecular complexity index is 1300. The third-order valence-corrected chi connectivity index (χ3v) is 7.39. The summed E-state index contributed by atoms with van der Waals surface area (Å²) in [6, 6.07) is 17.5. The summed E-state index contributed by atoms with van der Waals surface area (Å²) in [5.41, 5.74) is 1.50. The second kappa shape index (κ2) is 14.4. The quantitative estimate of drug-likeness (QED) is 0.291. The van der Waals surface area contributed by atoms with Crippen molar-refractivity contribution in [1.29, 1.82) is 0 Å². The van der Waals surface area contributed by atoms with Gasteiger partial charge in [-0.1, -0.05) is 60.7 Å². The van der Waals surface area contributed by atoms with E-state index in [1.165, 1.54) is 16.9 Å². The normalized spacial score (nSPS) is 18.5. The van der Waals surface area contributed by atoms with Gasteiger partial charge in [0.2, 0.25) is 5.13 Å². The number of nitrogens with zero attached hydrogens (tertiary/aromatic N) is 3. The van der Waals surface area contributed by atoms with Crippen LogP contribution in [0.5, 0.6) is 5.75 Å². The molecule has 0 saturated carbocycles. The van der Waals surface area contributed by atoms with E-state index in [9.17, 15) is 9.59 Å². The summed E-state index contributed by atoms with van der Waals surface area (Å²) in [4.78, 5) is 27.7. The number of rotatable bonds is 11. The van der Waals surface area contributed by atoms with Gasteiger partial charge in [-0.2, -0.15) is 0 Å². The van der Waals surface area contributed by atoms with Crippen LogP contribution >= 0.6 is 11.3 Å². The second-order valence-electron chi connectivity index (χ2n) is 11.0. The molecule has 4 rings (SSSR count). The zero-order valence-corrected chi connectivity index (χ0v) is 25.5. The predicted octanol–water partition coefficient (Wildman–Crippen LogP) is 5.02. The number of methoxy groups -OCH3 is 1. The standard InChI is InChI=1S/C30H39N5O6S/c1-6-35(18-21-10-8-7-9-11-21)19-25-33-34-27(42-25)32-28(36)40-26-23(16-20-12-14-22(38-5)15-13-20)31-17-24(26)39-29(37)41-30(2,3)4/h7-15,23-24,26,31H,6,16-19H2,1-5H3,(H,32,34,36)/t23-,24+,26+/m1/s1. The Morgan fingerprint density at radius 2 is 1.76 bits per heavy atom. The zero-order valence-electron chi connectivity index (χ0n) is 24.7. The molecule has 0 unspecified atom stereocenters. The predicted molar refractivity (Wildman–Crippen MR) is 160 cm³/mol. The second-order valence-corrected chi connectivity index (χ2v) is 12.0. The van der Waals surface area contributed by atoms with Gasteiger partial charge < -0.3 is 24.3 Å². The van der Waals surface area contributed by atoms with Gasteiger partial charge in [0.1, 0.15) is 16.4 Å². The molecule has 1 amide bonds. The highest BCUT2D eigenvalue weighted by Gasteiger charge is 2.42. The molecule has 1 aliphatic rings. The molecule has 1 aromatic heterocycles. The van der Waals surface area contributed by atoms with Crippen molar-refractivity contribution in [3.63, 3.8) is 0 Å². The van der Waals surface area contributed by atoms with E-state index in [1.807, 2.05) is 42.5 Å². The first-order chi connectivity index (χ1) is 20.1. The summed E-state index contributed by atoms with van der Waals surface area (Å²) in [6.07, 6.45) is -2.50. The first kappa shape index (κ1) is 31.2. The number of benzene rings is 2. The Hall–Kier alpha value is -3.74. The van der Waals surface area contributed by atoms with E-state index in [4.69, 9.17) is 18.9 Å². The van der Waals surface area contributed by atoms with Gasteiger partial charge in [0.15, 0.2) is 12.2 Å². The van der Waals surface area contributed by atoms with E-state index in [0.717, 1.165) is 29.4 Å². The fourth-order valence-electron chi connectivity index (χ4n) is 4.55. The van der Waals surface area contributed by atoms with Crippen LogP contribution in [-0.4, -0.2) is 71.4 Å². The molecular formula is C30H39N5O6S. The summed E-state index contributed by atoms with van der Waals surface area (Å²) in [7, 11) is 1.61. The highest BCUT2D eigenvalue weighted by atomic mass is 32.1. The zero-order chi connectivity index (χ0) is 30.1. The van der Waals surface area contributed by atoms with Crippen molar-refractivity contribution in [2.45, 2.75) is 71.1 Å². The van der Waals surface area contributed by atoms with E-state index < -0.39 is 30.1 Å².